The zero-order valence-corrected chi connectivity index (χ0v) is 25.1. The lowest BCUT2D eigenvalue weighted by atomic mass is 10.1. The number of thiophene rings is 2. The van der Waals surface area contributed by atoms with Crippen molar-refractivity contribution in [3.05, 3.63) is 140 Å². The lowest BCUT2D eigenvalue weighted by Crippen LogP contribution is -2.09. The van der Waals surface area contributed by atoms with Crippen molar-refractivity contribution in [1.82, 2.24) is 0 Å². The van der Waals surface area contributed by atoms with Crippen molar-refractivity contribution >= 4 is 113 Å². The number of furan rings is 1. The molecule has 206 valence electrons. The van der Waals surface area contributed by atoms with Crippen molar-refractivity contribution in [3.63, 3.8) is 0 Å². The minimum absolute atomic E-state index is 0.895. The van der Waals surface area contributed by atoms with Gasteiger partial charge in [-0.3, -0.25) is 0 Å². The quantitative estimate of drug-likeness (QED) is 0.201. The van der Waals surface area contributed by atoms with Gasteiger partial charge in [-0.2, -0.15) is 0 Å². The van der Waals surface area contributed by atoms with Crippen LogP contribution in [0.2, 0.25) is 0 Å². The summed E-state index contributed by atoms with van der Waals surface area (Å²) in [5, 5.41) is 10.1. The van der Waals surface area contributed by atoms with E-state index in [0.717, 1.165) is 33.3 Å². The average molecular weight is 598 g/mol. The Bertz CT molecular complexity index is 2630. The van der Waals surface area contributed by atoms with E-state index in [0.29, 0.717) is 0 Å². The summed E-state index contributed by atoms with van der Waals surface area (Å²) in [6.07, 6.45) is 0. The minimum Gasteiger partial charge on any atom is -0.456 e. The van der Waals surface area contributed by atoms with Crippen LogP contribution in [0.25, 0.3) is 73.1 Å². The van der Waals surface area contributed by atoms with Gasteiger partial charge in [-0.15, -0.1) is 22.7 Å². The van der Waals surface area contributed by atoms with Crippen molar-refractivity contribution in [2.24, 2.45) is 0 Å². The number of anilines is 3. The third-order valence-corrected chi connectivity index (χ3v) is 11.3. The molecule has 44 heavy (non-hydrogen) atoms. The van der Waals surface area contributed by atoms with Crippen LogP contribution in [0.1, 0.15) is 0 Å². The SMILES string of the molecule is c1ccc2c(c1)ccc1c3cccc(N(c4ccc5c(c4)oc4ccccc45)c4ccc5c(c4)sc4ccccc45)c3sc21. The van der Waals surface area contributed by atoms with Gasteiger partial charge in [-0.05, 0) is 53.2 Å². The molecule has 0 aliphatic heterocycles. The molecule has 0 saturated carbocycles. The summed E-state index contributed by atoms with van der Waals surface area (Å²) in [5.74, 6) is 0. The normalized spacial score (nSPS) is 12.1. The third kappa shape index (κ3) is 3.47. The minimum atomic E-state index is 0.895. The summed E-state index contributed by atoms with van der Waals surface area (Å²) < 4.78 is 11.6. The molecule has 7 aromatic carbocycles. The van der Waals surface area contributed by atoms with E-state index in [9.17, 15) is 0 Å². The molecule has 0 spiro atoms. The summed E-state index contributed by atoms with van der Waals surface area (Å²) in [4.78, 5) is 2.41. The second kappa shape index (κ2) is 9.17. The molecule has 2 nitrogen and oxygen atoms in total. The van der Waals surface area contributed by atoms with Crippen molar-refractivity contribution in [2.45, 2.75) is 0 Å². The number of rotatable bonds is 3. The molecule has 0 fully saturated rings. The first-order chi connectivity index (χ1) is 21.8. The molecular formula is C40H23NOS2. The largest absolute Gasteiger partial charge is 0.456 e. The monoisotopic (exact) mass is 597 g/mol. The maximum atomic E-state index is 6.39. The number of para-hydroxylation sites is 1. The highest BCUT2D eigenvalue weighted by Gasteiger charge is 2.21. The number of hydrogen-bond donors (Lipinski definition) is 0. The molecule has 4 heteroatoms. The molecular weight excluding hydrogens is 575 g/mol. The van der Waals surface area contributed by atoms with Gasteiger partial charge < -0.3 is 9.32 Å². The summed E-state index contributed by atoms with van der Waals surface area (Å²) in [6.45, 7) is 0. The molecule has 0 aliphatic carbocycles. The Hall–Kier alpha value is -5.16. The van der Waals surface area contributed by atoms with Crippen LogP contribution < -0.4 is 4.90 Å². The molecule has 10 aromatic rings. The van der Waals surface area contributed by atoms with Gasteiger partial charge in [-0.25, -0.2) is 0 Å². The molecule has 0 amide bonds. The van der Waals surface area contributed by atoms with Gasteiger partial charge in [0.2, 0.25) is 0 Å². The third-order valence-electron chi connectivity index (χ3n) is 8.85. The highest BCUT2D eigenvalue weighted by atomic mass is 32.1. The first-order valence-electron chi connectivity index (χ1n) is 14.8. The van der Waals surface area contributed by atoms with Gasteiger partial charge in [0.1, 0.15) is 11.2 Å². The molecule has 0 unspecified atom stereocenters. The van der Waals surface area contributed by atoms with Crippen LogP contribution in [0.3, 0.4) is 0 Å². The fourth-order valence-corrected chi connectivity index (χ4v) is 9.30. The van der Waals surface area contributed by atoms with Crippen molar-refractivity contribution in [3.8, 4) is 0 Å². The number of nitrogens with zero attached hydrogens (tertiary/aromatic N) is 1. The molecule has 0 saturated heterocycles. The van der Waals surface area contributed by atoms with Gasteiger partial charge in [0.05, 0.1) is 10.4 Å². The van der Waals surface area contributed by atoms with Crippen LogP contribution in [0.5, 0.6) is 0 Å². The van der Waals surface area contributed by atoms with E-state index >= 15 is 0 Å². The summed E-state index contributed by atoms with van der Waals surface area (Å²) in [5.41, 5.74) is 5.19. The van der Waals surface area contributed by atoms with E-state index < -0.39 is 0 Å². The van der Waals surface area contributed by atoms with Crippen LogP contribution >= 0.6 is 22.7 Å². The molecule has 0 N–H and O–H groups in total. The Morgan fingerprint density at radius 2 is 1.07 bits per heavy atom. The van der Waals surface area contributed by atoms with E-state index in [4.69, 9.17) is 4.42 Å². The van der Waals surface area contributed by atoms with E-state index in [2.05, 4.69) is 132 Å². The van der Waals surface area contributed by atoms with E-state index in [1.165, 1.54) is 56.8 Å². The number of hydrogen-bond acceptors (Lipinski definition) is 4. The maximum Gasteiger partial charge on any atom is 0.137 e. The van der Waals surface area contributed by atoms with Crippen LogP contribution in [0, 0.1) is 0 Å². The standard InChI is InChI=1S/C40H23NOS2/c1-2-9-27-24(8-1)16-19-33-32-12-7-13-34(40(32)44-39(27)33)41(25-17-20-29-28-10-3-5-14-35(28)42-36(29)22-25)26-18-21-31-30-11-4-6-15-37(30)43-38(31)23-26/h1-23H. The van der Waals surface area contributed by atoms with E-state index in [1.807, 2.05) is 34.8 Å². The molecule has 10 rings (SSSR count). The fourth-order valence-electron chi connectivity index (χ4n) is 6.82. The second-order valence-electron chi connectivity index (χ2n) is 11.3. The zero-order valence-electron chi connectivity index (χ0n) is 23.5. The molecule has 0 radical (unpaired) electrons. The van der Waals surface area contributed by atoms with Gasteiger partial charge in [0.25, 0.3) is 0 Å². The van der Waals surface area contributed by atoms with E-state index in [-0.39, 0.29) is 0 Å². The van der Waals surface area contributed by atoms with Gasteiger partial charge in [-0.1, -0.05) is 91.0 Å². The topological polar surface area (TPSA) is 16.4 Å². The highest BCUT2D eigenvalue weighted by molar-refractivity contribution is 7.27. The molecule has 3 aromatic heterocycles. The van der Waals surface area contributed by atoms with Crippen molar-refractivity contribution in [2.75, 3.05) is 4.90 Å². The van der Waals surface area contributed by atoms with Crippen LogP contribution in [-0.2, 0) is 0 Å². The van der Waals surface area contributed by atoms with Crippen LogP contribution in [0.15, 0.2) is 144 Å². The molecule has 3 heterocycles. The maximum absolute atomic E-state index is 6.39. The first kappa shape index (κ1) is 24.3. The van der Waals surface area contributed by atoms with Gasteiger partial charge in [0, 0.05) is 63.9 Å². The molecule has 0 bridgehead atoms. The smallest absolute Gasteiger partial charge is 0.137 e. The molecule has 0 aliphatic rings. The molecule has 0 atom stereocenters. The Morgan fingerprint density at radius 1 is 0.409 bits per heavy atom. The predicted molar refractivity (Wildman–Crippen MR) is 192 cm³/mol. The predicted octanol–water partition coefficient (Wildman–Crippen LogP) is 12.9. The Balaban J connectivity index is 1.27. The van der Waals surface area contributed by atoms with Gasteiger partial charge in [0.15, 0.2) is 0 Å². The summed E-state index contributed by atoms with van der Waals surface area (Å²) in [6, 6.07) is 50.5. The lowest BCUT2D eigenvalue weighted by Gasteiger charge is -2.26. The van der Waals surface area contributed by atoms with Crippen LogP contribution in [0.4, 0.5) is 17.1 Å². The van der Waals surface area contributed by atoms with E-state index in [1.54, 1.807) is 0 Å². The summed E-state index contributed by atoms with van der Waals surface area (Å²) in [7, 11) is 0. The number of fused-ring (bicyclic) bond motifs is 11. The zero-order chi connectivity index (χ0) is 28.8. The van der Waals surface area contributed by atoms with Crippen molar-refractivity contribution in [1.29, 1.82) is 0 Å². The Kier molecular flexibility index (Phi) is 5.06. The Labute approximate surface area is 260 Å². The van der Waals surface area contributed by atoms with Crippen LogP contribution in [-0.4, -0.2) is 0 Å². The second-order valence-corrected chi connectivity index (χ2v) is 13.4. The number of benzene rings is 7. The highest BCUT2D eigenvalue weighted by Crippen LogP contribution is 2.48. The first-order valence-corrected chi connectivity index (χ1v) is 16.4. The van der Waals surface area contributed by atoms with Gasteiger partial charge >= 0.3 is 0 Å². The Morgan fingerprint density at radius 3 is 2.00 bits per heavy atom. The average Bonchev–Trinajstić information content (AvgIpc) is 3.76. The summed E-state index contributed by atoms with van der Waals surface area (Å²) >= 11 is 3.74. The lowest BCUT2D eigenvalue weighted by molar-refractivity contribution is 0.669. The van der Waals surface area contributed by atoms with Crippen molar-refractivity contribution < 1.29 is 4.42 Å². The fraction of sp³-hybridized carbons (Fsp3) is 0.